The smallest absolute Gasteiger partial charge is 0.396 e. The molecular weight excluding hydrogens is 441 g/mol. The first kappa shape index (κ1) is 22.7. The van der Waals surface area contributed by atoms with Crippen LogP contribution in [0.3, 0.4) is 0 Å². The van der Waals surface area contributed by atoms with Gasteiger partial charge in [0.2, 0.25) is 11.8 Å². The van der Waals surface area contributed by atoms with Crippen LogP contribution in [0.25, 0.3) is 0 Å². The lowest BCUT2D eigenvalue weighted by Gasteiger charge is -2.37. The number of rotatable bonds is 3. The van der Waals surface area contributed by atoms with Crippen molar-refractivity contribution in [1.29, 1.82) is 0 Å². The van der Waals surface area contributed by atoms with E-state index in [0.29, 0.717) is 0 Å². The Morgan fingerprint density at radius 1 is 1.12 bits per heavy atom. The van der Waals surface area contributed by atoms with Gasteiger partial charge in [-0.05, 0) is 54.7 Å². The number of alkyl halides is 3. The number of amides is 2. The van der Waals surface area contributed by atoms with Gasteiger partial charge in [-0.3, -0.25) is 9.59 Å². The number of hydrogen-bond donors (Lipinski definition) is 3. The lowest BCUT2D eigenvalue weighted by Crippen LogP contribution is -2.59. The summed E-state index contributed by atoms with van der Waals surface area (Å²) in [4.78, 5) is 27.5. The zero-order valence-corrected chi connectivity index (χ0v) is 18.3. The number of aliphatic hydroxyl groups excluding tert-OH is 1. The fourth-order valence-electron chi connectivity index (χ4n) is 4.29. The second-order valence-electron chi connectivity index (χ2n) is 8.39. The van der Waals surface area contributed by atoms with Crippen LogP contribution in [0.4, 0.5) is 13.2 Å². The Morgan fingerprint density at radius 2 is 1.69 bits per heavy atom. The van der Waals surface area contributed by atoms with E-state index in [0.717, 1.165) is 32.0 Å². The van der Waals surface area contributed by atoms with E-state index in [1.54, 1.807) is 11.8 Å². The van der Waals surface area contributed by atoms with Gasteiger partial charge >= 0.3 is 6.18 Å². The number of aliphatic hydroxyl groups is 1. The molecule has 4 rings (SSSR count). The molecule has 2 aromatic rings. The highest BCUT2D eigenvalue weighted by Crippen LogP contribution is 2.45. The van der Waals surface area contributed by atoms with Gasteiger partial charge in [-0.15, -0.1) is 0 Å². The molecule has 3 atom stereocenters. The topological polar surface area (TPSA) is 78.4 Å². The van der Waals surface area contributed by atoms with E-state index in [2.05, 4.69) is 5.32 Å². The van der Waals surface area contributed by atoms with E-state index in [1.807, 2.05) is 55.6 Å². The minimum atomic E-state index is -4.70. The number of fused-ring (bicyclic) bond motifs is 2. The van der Waals surface area contributed by atoms with Gasteiger partial charge in [-0.2, -0.15) is 13.2 Å². The minimum Gasteiger partial charge on any atom is -0.396 e. The summed E-state index contributed by atoms with van der Waals surface area (Å²) in [6, 6.07) is 9.05. The van der Waals surface area contributed by atoms with Crippen molar-refractivity contribution in [2.45, 2.75) is 48.3 Å². The van der Waals surface area contributed by atoms with Crippen molar-refractivity contribution in [2.24, 2.45) is 11.8 Å². The Bertz CT molecular complexity index is 1020. The molecule has 9 heteroatoms. The summed E-state index contributed by atoms with van der Waals surface area (Å²) in [5.74, 6) is -4.23. The van der Waals surface area contributed by atoms with Gasteiger partial charge in [0, 0.05) is 22.3 Å². The van der Waals surface area contributed by atoms with Gasteiger partial charge in [0.25, 0.3) is 0 Å². The predicted octanol–water partition coefficient (Wildman–Crippen LogP) is 3.65. The summed E-state index contributed by atoms with van der Waals surface area (Å²) < 4.78 is 39.7. The van der Waals surface area contributed by atoms with Crippen LogP contribution >= 0.6 is 11.8 Å². The number of hydrogen-bond acceptors (Lipinski definition) is 4. The monoisotopic (exact) mass is 464 g/mol. The first-order chi connectivity index (χ1) is 15.1. The summed E-state index contributed by atoms with van der Waals surface area (Å²) >= 11 is 1.60. The fourth-order valence-corrected chi connectivity index (χ4v) is 5.63. The molecule has 3 N–H and O–H groups in total. The molecule has 0 aliphatic carbocycles. The predicted molar refractivity (Wildman–Crippen MR) is 113 cm³/mol. The Morgan fingerprint density at radius 3 is 2.19 bits per heavy atom. The quantitative estimate of drug-likeness (QED) is 0.606. The second kappa shape index (κ2) is 8.44. The normalized spacial score (nSPS) is 23.2. The van der Waals surface area contributed by atoms with Crippen molar-refractivity contribution in [3.8, 4) is 0 Å². The lowest BCUT2D eigenvalue weighted by molar-refractivity contribution is -0.184. The van der Waals surface area contributed by atoms with E-state index in [-0.39, 0.29) is 6.42 Å². The molecule has 0 radical (unpaired) electrons. The summed E-state index contributed by atoms with van der Waals surface area (Å²) in [6.45, 7) is 3.16. The number of carbonyl (C=O) groups excluding carboxylic acids is 2. The zero-order chi connectivity index (χ0) is 23.2. The van der Waals surface area contributed by atoms with E-state index < -0.39 is 48.5 Å². The SMILES string of the molecule is Cc1ccc2c(c1)Sc1cc(C)ccc1C2NC(=O)C1CC(CO)C(C(F)(F)F)NC1=O. The van der Waals surface area contributed by atoms with Crippen molar-refractivity contribution in [3.63, 3.8) is 0 Å². The molecule has 2 aromatic carbocycles. The van der Waals surface area contributed by atoms with E-state index in [1.165, 1.54) is 0 Å². The maximum Gasteiger partial charge on any atom is 0.408 e. The summed E-state index contributed by atoms with van der Waals surface area (Å²) in [6.07, 6.45) is -5.07. The molecule has 1 saturated heterocycles. The zero-order valence-electron chi connectivity index (χ0n) is 17.5. The summed E-state index contributed by atoms with van der Waals surface area (Å²) in [5, 5.41) is 14.2. The molecular formula is C23H23F3N2O3S. The van der Waals surface area contributed by atoms with Crippen LogP contribution in [-0.4, -0.2) is 35.7 Å². The third-order valence-electron chi connectivity index (χ3n) is 5.99. The highest BCUT2D eigenvalue weighted by atomic mass is 32.2. The van der Waals surface area contributed by atoms with Crippen LogP contribution in [0.5, 0.6) is 0 Å². The molecule has 0 saturated carbocycles. The minimum absolute atomic E-state index is 0.374. The van der Waals surface area contributed by atoms with Gasteiger partial charge in [-0.25, -0.2) is 0 Å². The van der Waals surface area contributed by atoms with E-state index in [9.17, 15) is 27.9 Å². The molecule has 0 spiro atoms. The number of aryl methyl sites for hydroxylation is 2. The molecule has 2 amide bonds. The molecule has 0 bridgehead atoms. The standard InChI is InChI=1S/C23H23F3N2O3S/c1-11-3-5-14-17(7-11)32-18-8-12(2)4-6-15(18)19(14)27-21(30)16-9-13(10-29)20(23(24,25)26)28-22(16)31/h3-8,13,16,19-20,29H,9-10H2,1-2H3,(H,27,30)(H,28,31). The van der Waals surface area contributed by atoms with Crippen molar-refractivity contribution in [2.75, 3.05) is 6.61 Å². The van der Waals surface area contributed by atoms with Gasteiger partial charge in [0.1, 0.15) is 12.0 Å². The molecule has 170 valence electrons. The van der Waals surface area contributed by atoms with Crippen molar-refractivity contribution in [3.05, 3.63) is 58.7 Å². The van der Waals surface area contributed by atoms with Crippen LogP contribution in [0, 0.1) is 25.7 Å². The van der Waals surface area contributed by atoms with Crippen LogP contribution in [0.2, 0.25) is 0 Å². The number of piperidine rings is 1. The first-order valence-corrected chi connectivity index (χ1v) is 11.1. The third kappa shape index (κ3) is 4.23. The Kier molecular flexibility index (Phi) is 5.98. The largest absolute Gasteiger partial charge is 0.408 e. The maximum absolute atomic E-state index is 13.2. The Labute approximate surface area is 187 Å². The van der Waals surface area contributed by atoms with Gasteiger partial charge in [0.15, 0.2) is 0 Å². The number of carbonyl (C=O) groups is 2. The number of benzene rings is 2. The molecule has 2 heterocycles. The average Bonchev–Trinajstić information content (AvgIpc) is 2.72. The molecule has 5 nitrogen and oxygen atoms in total. The fraction of sp³-hybridized carbons (Fsp3) is 0.391. The van der Waals surface area contributed by atoms with Gasteiger partial charge in [-0.1, -0.05) is 36.0 Å². The van der Waals surface area contributed by atoms with Crippen LogP contribution in [0.15, 0.2) is 46.2 Å². The average molecular weight is 465 g/mol. The first-order valence-electron chi connectivity index (χ1n) is 10.3. The molecule has 1 fully saturated rings. The van der Waals surface area contributed by atoms with Crippen LogP contribution < -0.4 is 10.6 Å². The highest BCUT2D eigenvalue weighted by molar-refractivity contribution is 7.99. The van der Waals surface area contributed by atoms with Crippen molar-refractivity contribution >= 4 is 23.6 Å². The van der Waals surface area contributed by atoms with Gasteiger partial charge in [0.05, 0.1) is 6.04 Å². The van der Waals surface area contributed by atoms with E-state index in [4.69, 9.17) is 0 Å². The third-order valence-corrected chi connectivity index (χ3v) is 7.14. The molecule has 2 aliphatic rings. The lowest BCUT2D eigenvalue weighted by atomic mass is 9.83. The summed E-state index contributed by atoms with van der Waals surface area (Å²) in [5.41, 5.74) is 3.86. The van der Waals surface area contributed by atoms with Gasteiger partial charge < -0.3 is 15.7 Å². The van der Waals surface area contributed by atoms with Crippen LogP contribution in [-0.2, 0) is 9.59 Å². The second-order valence-corrected chi connectivity index (χ2v) is 9.47. The maximum atomic E-state index is 13.2. The molecule has 2 aliphatic heterocycles. The van der Waals surface area contributed by atoms with Crippen LogP contribution in [0.1, 0.15) is 34.7 Å². The highest BCUT2D eigenvalue weighted by Gasteiger charge is 2.51. The Hall–Kier alpha value is -2.52. The Balaban J connectivity index is 1.63. The summed E-state index contributed by atoms with van der Waals surface area (Å²) in [7, 11) is 0. The molecule has 0 aromatic heterocycles. The molecule has 32 heavy (non-hydrogen) atoms. The molecule has 3 unspecified atom stereocenters. The van der Waals surface area contributed by atoms with Crippen molar-refractivity contribution < 1.29 is 27.9 Å². The number of nitrogens with one attached hydrogen (secondary N) is 2. The van der Waals surface area contributed by atoms with Crippen molar-refractivity contribution in [1.82, 2.24) is 10.6 Å². The van der Waals surface area contributed by atoms with E-state index >= 15 is 0 Å². The number of halogens is 3.